The third-order valence-corrected chi connectivity index (χ3v) is 6.67. The van der Waals surface area contributed by atoms with Crippen molar-refractivity contribution in [1.82, 2.24) is 30.1 Å². The van der Waals surface area contributed by atoms with E-state index in [0.717, 1.165) is 33.4 Å². The van der Waals surface area contributed by atoms with E-state index in [-0.39, 0.29) is 5.56 Å². The van der Waals surface area contributed by atoms with Crippen LogP contribution in [0.3, 0.4) is 0 Å². The Labute approximate surface area is 215 Å². The molecule has 8 nitrogen and oxygen atoms in total. The standard InChI is InChI=1S/C29H32N6O2/c1-19-13-14-20(2)25-23(19)16-24(28(36)30-25)26(27-31-32-33-35(27)29(3,4)5)34(18-22-12-9-15-37-22)17-21-10-7-6-8-11-21/h6-16,26H,17-18H2,1-5H3,(H,30,36)/t26-/m0/s1. The molecule has 0 spiro atoms. The zero-order chi connectivity index (χ0) is 26.2. The monoisotopic (exact) mass is 496 g/mol. The van der Waals surface area contributed by atoms with Gasteiger partial charge in [-0.05, 0) is 79.9 Å². The third kappa shape index (κ3) is 4.97. The number of rotatable bonds is 7. The fraction of sp³-hybridized carbons (Fsp3) is 0.310. The normalized spacial score (nSPS) is 12.9. The summed E-state index contributed by atoms with van der Waals surface area (Å²) < 4.78 is 7.56. The molecule has 37 heavy (non-hydrogen) atoms. The van der Waals surface area contributed by atoms with Crippen molar-refractivity contribution < 1.29 is 4.42 Å². The minimum absolute atomic E-state index is 0.160. The van der Waals surface area contributed by atoms with Crippen LogP contribution in [0.25, 0.3) is 10.9 Å². The first kappa shape index (κ1) is 24.6. The second-order valence-electron chi connectivity index (χ2n) is 10.5. The summed E-state index contributed by atoms with van der Waals surface area (Å²) >= 11 is 0. The number of benzene rings is 2. The number of aromatic amines is 1. The maximum Gasteiger partial charge on any atom is 0.253 e. The molecule has 5 rings (SSSR count). The molecule has 1 N–H and O–H groups in total. The zero-order valence-electron chi connectivity index (χ0n) is 21.9. The van der Waals surface area contributed by atoms with Crippen LogP contribution in [0.1, 0.15) is 60.7 Å². The summed E-state index contributed by atoms with van der Waals surface area (Å²) in [5, 5.41) is 13.9. The minimum Gasteiger partial charge on any atom is -0.468 e. The predicted molar refractivity (Wildman–Crippen MR) is 143 cm³/mol. The van der Waals surface area contributed by atoms with Crippen molar-refractivity contribution in [3.05, 3.63) is 111 Å². The highest BCUT2D eigenvalue weighted by Crippen LogP contribution is 2.33. The van der Waals surface area contributed by atoms with Gasteiger partial charge in [-0.3, -0.25) is 9.69 Å². The maximum atomic E-state index is 13.8. The first-order valence-corrected chi connectivity index (χ1v) is 12.4. The first-order chi connectivity index (χ1) is 17.7. The van der Waals surface area contributed by atoms with Gasteiger partial charge in [0.05, 0.1) is 23.9 Å². The molecule has 0 saturated carbocycles. The van der Waals surface area contributed by atoms with E-state index in [1.54, 1.807) is 6.26 Å². The molecule has 3 aromatic heterocycles. The average Bonchev–Trinajstić information content (AvgIpc) is 3.55. The quantitative estimate of drug-likeness (QED) is 0.330. The number of furan rings is 1. The number of pyridine rings is 1. The highest BCUT2D eigenvalue weighted by Gasteiger charge is 2.34. The first-order valence-electron chi connectivity index (χ1n) is 12.4. The van der Waals surface area contributed by atoms with E-state index in [1.165, 1.54) is 0 Å². The molecular weight excluding hydrogens is 464 g/mol. The van der Waals surface area contributed by atoms with E-state index in [1.807, 2.05) is 54.1 Å². The highest BCUT2D eigenvalue weighted by molar-refractivity contribution is 5.85. The number of H-pyrrole nitrogens is 1. The fourth-order valence-corrected chi connectivity index (χ4v) is 4.80. The summed E-state index contributed by atoms with van der Waals surface area (Å²) in [5.41, 5.74) is 4.11. The van der Waals surface area contributed by atoms with Gasteiger partial charge in [-0.15, -0.1) is 5.10 Å². The van der Waals surface area contributed by atoms with Crippen LogP contribution in [0.5, 0.6) is 0 Å². The Morgan fingerprint density at radius 3 is 2.46 bits per heavy atom. The molecule has 0 saturated heterocycles. The molecule has 2 aromatic carbocycles. The number of nitrogens with one attached hydrogen (secondary N) is 1. The topological polar surface area (TPSA) is 92.8 Å². The number of hydrogen-bond acceptors (Lipinski definition) is 6. The van der Waals surface area contributed by atoms with Gasteiger partial charge < -0.3 is 9.40 Å². The van der Waals surface area contributed by atoms with Crippen molar-refractivity contribution in [3.63, 3.8) is 0 Å². The van der Waals surface area contributed by atoms with Crippen LogP contribution in [-0.4, -0.2) is 30.1 Å². The molecule has 0 bridgehead atoms. The molecule has 0 radical (unpaired) electrons. The van der Waals surface area contributed by atoms with Gasteiger partial charge in [0.25, 0.3) is 5.56 Å². The van der Waals surface area contributed by atoms with Crippen molar-refractivity contribution in [2.24, 2.45) is 0 Å². The average molecular weight is 497 g/mol. The lowest BCUT2D eigenvalue weighted by Crippen LogP contribution is -2.37. The van der Waals surface area contributed by atoms with Crippen molar-refractivity contribution >= 4 is 10.9 Å². The number of hydrogen-bond donors (Lipinski definition) is 1. The maximum absolute atomic E-state index is 13.8. The van der Waals surface area contributed by atoms with E-state index < -0.39 is 11.6 Å². The summed E-state index contributed by atoms with van der Waals surface area (Å²) in [6.45, 7) is 11.2. The van der Waals surface area contributed by atoms with Crippen LogP contribution in [-0.2, 0) is 18.6 Å². The van der Waals surface area contributed by atoms with Crippen molar-refractivity contribution in [2.45, 2.75) is 59.3 Å². The smallest absolute Gasteiger partial charge is 0.253 e. The van der Waals surface area contributed by atoms with Gasteiger partial charge in [0.1, 0.15) is 11.8 Å². The molecular formula is C29H32N6O2. The molecule has 0 aliphatic carbocycles. The molecule has 190 valence electrons. The lowest BCUT2D eigenvalue weighted by molar-refractivity contribution is 0.171. The molecule has 8 heteroatoms. The summed E-state index contributed by atoms with van der Waals surface area (Å²) in [6.07, 6.45) is 1.67. The predicted octanol–water partition coefficient (Wildman–Crippen LogP) is 5.27. The SMILES string of the molecule is Cc1ccc(C)c2[nH]c(=O)c([C@@H](c3nnnn3C(C)(C)C)N(Cc3ccccc3)Cc3ccco3)cc12. The molecule has 1 atom stereocenters. The number of fused-ring (bicyclic) bond motifs is 1. The Morgan fingerprint density at radius 1 is 1.00 bits per heavy atom. The summed E-state index contributed by atoms with van der Waals surface area (Å²) in [6, 6.07) is 19.6. The second-order valence-corrected chi connectivity index (χ2v) is 10.5. The Morgan fingerprint density at radius 2 is 1.76 bits per heavy atom. The molecule has 0 aliphatic heterocycles. The molecule has 3 heterocycles. The molecule has 0 amide bonds. The van der Waals surface area contributed by atoms with Crippen LogP contribution < -0.4 is 5.56 Å². The van der Waals surface area contributed by atoms with Gasteiger partial charge in [-0.1, -0.05) is 42.5 Å². The van der Waals surface area contributed by atoms with Crippen LogP contribution in [0.15, 0.2) is 76.1 Å². The highest BCUT2D eigenvalue weighted by atomic mass is 16.3. The Hall–Kier alpha value is -4.04. The lowest BCUT2D eigenvalue weighted by atomic mass is 9.98. The van der Waals surface area contributed by atoms with E-state index in [0.29, 0.717) is 24.5 Å². The Bertz CT molecular complexity index is 1560. The van der Waals surface area contributed by atoms with Gasteiger partial charge in [0.2, 0.25) is 0 Å². The molecule has 5 aromatic rings. The van der Waals surface area contributed by atoms with E-state index >= 15 is 0 Å². The van der Waals surface area contributed by atoms with Crippen molar-refractivity contribution in [3.8, 4) is 0 Å². The van der Waals surface area contributed by atoms with Gasteiger partial charge >= 0.3 is 0 Å². The van der Waals surface area contributed by atoms with Gasteiger partial charge in [-0.2, -0.15) is 0 Å². The van der Waals surface area contributed by atoms with Crippen LogP contribution >= 0.6 is 0 Å². The summed E-state index contributed by atoms with van der Waals surface area (Å²) in [4.78, 5) is 19.1. The van der Waals surface area contributed by atoms with Gasteiger partial charge in [0, 0.05) is 17.5 Å². The number of aryl methyl sites for hydroxylation is 2. The van der Waals surface area contributed by atoms with Gasteiger partial charge in [-0.25, -0.2) is 4.68 Å². The van der Waals surface area contributed by atoms with E-state index in [4.69, 9.17) is 4.42 Å². The largest absolute Gasteiger partial charge is 0.468 e. The molecule has 0 unspecified atom stereocenters. The Balaban J connectivity index is 1.76. The summed E-state index contributed by atoms with van der Waals surface area (Å²) in [7, 11) is 0. The fourth-order valence-electron chi connectivity index (χ4n) is 4.80. The minimum atomic E-state index is -0.535. The van der Waals surface area contributed by atoms with Crippen LogP contribution in [0, 0.1) is 13.8 Å². The molecule has 0 fully saturated rings. The van der Waals surface area contributed by atoms with Crippen LogP contribution in [0.2, 0.25) is 0 Å². The van der Waals surface area contributed by atoms with E-state index in [2.05, 4.69) is 71.3 Å². The number of nitrogens with zero attached hydrogens (tertiary/aromatic N) is 5. The third-order valence-electron chi connectivity index (χ3n) is 6.67. The van der Waals surface area contributed by atoms with Gasteiger partial charge in [0.15, 0.2) is 5.82 Å². The number of tetrazole rings is 1. The zero-order valence-corrected chi connectivity index (χ0v) is 21.9. The van der Waals surface area contributed by atoms with E-state index in [9.17, 15) is 4.79 Å². The van der Waals surface area contributed by atoms with Crippen molar-refractivity contribution in [1.29, 1.82) is 0 Å². The summed E-state index contributed by atoms with van der Waals surface area (Å²) in [5.74, 6) is 1.39. The Kier molecular flexibility index (Phi) is 6.52. The number of aromatic nitrogens is 5. The molecule has 0 aliphatic rings. The second kappa shape index (κ2) is 9.78. The van der Waals surface area contributed by atoms with Crippen molar-refractivity contribution in [2.75, 3.05) is 0 Å². The lowest BCUT2D eigenvalue weighted by Gasteiger charge is -2.32. The van der Waals surface area contributed by atoms with Crippen LogP contribution in [0.4, 0.5) is 0 Å².